The van der Waals surface area contributed by atoms with E-state index in [9.17, 15) is 0 Å². The Morgan fingerprint density at radius 3 is 1.82 bits per heavy atom. The van der Waals surface area contributed by atoms with Crippen molar-refractivity contribution in [3.63, 3.8) is 0 Å². The lowest BCUT2D eigenvalue weighted by molar-refractivity contribution is 1.14. The topological polar surface area (TPSA) is 12.0 Å². The van der Waals surface area contributed by atoms with Crippen LogP contribution in [0.4, 0.5) is 11.4 Å². The van der Waals surface area contributed by atoms with E-state index >= 15 is 0 Å². The van der Waals surface area contributed by atoms with Gasteiger partial charge < -0.3 is 5.32 Å². The number of allylic oxidation sites excluding steroid dienone is 4. The van der Waals surface area contributed by atoms with Crippen molar-refractivity contribution in [3.05, 3.63) is 205 Å². The zero-order valence-corrected chi connectivity index (χ0v) is 29.9. The number of hydrogen-bond acceptors (Lipinski definition) is 2. The van der Waals surface area contributed by atoms with E-state index in [4.69, 9.17) is 0 Å². The molecule has 0 spiro atoms. The molecule has 0 saturated heterocycles. The van der Waals surface area contributed by atoms with Gasteiger partial charge in [0.2, 0.25) is 0 Å². The molecule has 1 fully saturated rings. The monoisotopic (exact) mass is 685 g/mol. The maximum absolute atomic E-state index is 3.72. The molecule has 1 N–H and O–H groups in total. The molecule has 1 nitrogen and oxygen atoms in total. The predicted molar refractivity (Wildman–Crippen MR) is 222 cm³/mol. The summed E-state index contributed by atoms with van der Waals surface area (Å²) < 4.78 is 2.68. The minimum atomic E-state index is -2.66. The second-order valence-corrected chi connectivity index (χ2v) is 19.0. The highest BCUT2D eigenvalue weighted by Gasteiger charge is 2.67. The molecule has 1 unspecified atom stereocenters. The number of hydrogen-bond donors (Lipinski definition) is 1. The molecule has 51 heavy (non-hydrogen) atoms. The minimum Gasteiger partial charge on any atom is -0.355 e. The average Bonchev–Trinajstić information content (AvgIpc) is 3.62. The van der Waals surface area contributed by atoms with Gasteiger partial charge in [-0.3, -0.25) is 0 Å². The molecule has 1 atom stereocenters. The molecule has 1 saturated carbocycles. The molecule has 1 heterocycles. The highest BCUT2D eigenvalue weighted by Crippen LogP contribution is 2.71. The van der Waals surface area contributed by atoms with E-state index in [0.29, 0.717) is 0 Å². The Morgan fingerprint density at radius 1 is 0.510 bits per heavy atom. The van der Waals surface area contributed by atoms with Crippen molar-refractivity contribution < 1.29 is 0 Å². The van der Waals surface area contributed by atoms with E-state index in [1.54, 1.807) is 5.57 Å². The number of nitrogens with one attached hydrogen (secondary N) is 1. The van der Waals surface area contributed by atoms with Gasteiger partial charge in [-0.1, -0.05) is 169 Å². The lowest BCUT2D eigenvalue weighted by Gasteiger charge is -2.39. The Hall–Kier alpha value is -5.74. The van der Waals surface area contributed by atoms with Gasteiger partial charge >= 0.3 is 0 Å². The summed E-state index contributed by atoms with van der Waals surface area (Å²) in [5, 5.41) is 10.7. The highest BCUT2D eigenvalue weighted by atomic mass is 32.1. The molecule has 2 aliphatic carbocycles. The molecular weight excluding hydrogens is 651 g/mol. The average molecular weight is 686 g/mol. The van der Waals surface area contributed by atoms with Crippen LogP contribution in [0.25, 0.3) is 36.9 Å². The number of rotatable bonds is 8. The largest absolute Gasteiger partial charge is 0.355 e. The van der Waals surface area contributed by atoms with E-state index in [1.165, 1.54) is 58.0 Å². The zero-order valence-electron chi connectivity index (χ0n) is 28.1. The Morgan fingerprint density at radius 2 is 1.10 bits per heavy atom. The Bertz CT molecular complexity index is 2580. The molecule has 2 aliphatic rings. The van der Waals surface area contributed by atoms with E-state index in [-0.39, 0.29) is 5.04 Å². The molecule has 242 valence electrons. The van der Waals surface area contributed by atoms with E-state index in [1.807, 2.05) is 11.3 Å². The number of anilines is 2. The summed E-state index contributed by atoms with van der Waals surface area (Å²) in [5.74, 6) is 0. The van der Waals surface area contributed by atoms with Crippen LogP contribution in [-0.2, 0) is 0 Å². The van der Waals surface area contributed by atoms with Gasteiger partial charge in [0, 0.05) is 42.1 Å². The van der Waals surface area contributed by atoms with Gasteiger partial charge in [0.15, 0.2) is 8.07 Å². The van der Waals surface area contributed by atoms with Crippen molar-refractivity contribution >= 4 is 72.1 Å². The maximum atomic E-state index is 3.72. The molecule has 1 aromatic heterocycles. The molecular formula is C48H35NSSi. The predicted octanol–water partition coefficient (Wildman–Crippen LogP) is 11.1. The Kier molecular flexibility index (Phi) is 7.05. The smallest absolute Gasteiger partial charge is 0.162 e. The molecule has 0 bridgehead atoms. The van der Waals surface area contributed by atoms with Crippen LogP contribution in [0.3, 0.4) is 0 Å². The molecule has 0 amide bonds. The number of thiophene rings is 1. The first-order valence-electron chi connectivity index (χ1n) is 17.7. The molecule has 7 aromatic carbocycles. The van der Waals surface area contributed by atoms with Crippen molar-refractivity contribution in [2.24, 2.45) is 0 Å². The zero-order chi connectivity index (χ0) is 33.8. The molecule has 0 radical (unpaired) electrons. The fourth-order valence-corrected chi connectivity index (χ4v) is 15.9. The van der Waals surface area contributed by atoms with Gasteiger partial charge in [-0.15, -0.1) is 11.3 Å². The third kappa shape index (κ3) is 4.73. The van der Waals surface area contributed by atoms with Crippen molar-refractivity contribution in [1.29, 1.82) is 0 Å². The van der Waals surface area contributed by atoms with Crippen LogP contribution >= 0.6 is 11.3 Å². The SMILES string of the molecule is C1=CC2([Si](c3ccccc3)(c3ccccc3)c3ccc(-c4ccc5c(c4)sc4ccccc45)cc3)CC2=C1c1ccccc1Nc1ccccc1. The fourth-order valence-electron chi connectivity index (χ4n) is 8.76. The first kappa shape index (κ1) is 30.1. The van der Waals surface area contributed by atoms with Crippen LogP contribution in [0.15, 0.2) is 200 Å². The highest BCUT2D eigenvalue weighted by molar-refractivity contribution is 7.25. The van der Waals surface area contributed by atoms with E-state index in [2.05, 4.69) is 199 Å². The van der Waals surface area contributed by atoms with Gasteiger partial charge in [0.25, 0.3) is 0 Å². The van der Waals surface area contributed by atoms with Crippen molar-refractivity contribution in [2.45, 2.75) is 11.5 Å². The maximum Gasteiger partial charge on any atom is 0.162 e. The second kappa shape index (κ2) is 11.9. The lowest BCUT2D eigenvalue weighted by Crippen LogP contribution is -2.70. The van der Waals surface area contributed by atoms with Gasteiger partial charge in [0.1, 0.15) is 0 Å². The quantitative estimate of drug-likeness (QED) is 0.124. The molecule has 3 heteroatoms. The summed E-state index contributed by atoms with van der Waals surface area (Å²) >= 11 is 1.88. The normalized spacial score (nSPS) is 16.5. The van der Waals surface area contributed by atoms with Gasteiger partial charge in [-0.25, -0.2) is 0 Å². The van der Waals surface area contributed by atoms with Crippen LogP contribution in [0.2, 0.25) is 5.04 Å². The second-order valence-electron chi connectivity index (χ2n) is 13.8. The summed E-state index contributed by atoms with van der Waals surface area (Å²) in [7, 11) is -2.66. The van der Waals surface area contributed by atoms with Gasteiger partial charge in [-0.05, 0) is 69.0 Å². The van der Waals surface area contributed by atoms with Crippen LogP contribution in [0, 0.1) is 0 Å². The minimum absolute atomic E-state index is 0.0532. The summed E-state index contributed by atoms with van der Waals surface area (Å²) in [6.07, 6.45) is 6.07. The fraction of sp³-hybridized carbons (Fsp3) is 0.0417. The van der Waals surface area contributed by atoms with Crippen LogP contribution < -0.4 is 20.9 Å². The number of fused-ring (bicyclic) bond motifs is 4. The Balaban J connectivity index is 1.13. The third-order valence-corrected chi connectivity index (χ3v) is 17.8. The molecule has 8 aromatic rings. The number of benzene rings is 7. The van der Waals surface area contributed by atoms with Crippen molar-refractivity contribution in [3.8, 4) is 11.1 Å². The molecule has 0 aliphatic heterocycles. The summed E-state index contributed by atoms with van der Waals surface area (Å²) in [6, 6.07) is 67.5. The van der Waals surface area contributed by atoms with Crippen molar-refractivity contribution in [2.75, 3.05) is 5.32 Å². The van der Waals surface area contributed by atoms with E-state index < -0.39 is 8.07 Å². The third-order valence-electron chi connectivity index (χ3n) is 11.1. The van der Waals surface area contributed by atoms with E-state index in [0.717, 1.165) is 17.8 Å². The van der Waals surface area contributed by atoms with Gasteiger partial charge in [-0.2, -0.15) is 0 Å². The Labute approximate surface area is 303 Å². The summed E-state index contributed by atoms with van der Waals surface area (Å²) in [4.78, 5) is 0. The van der Waals surface area contributed by atoms with Gasteiger partial charge in [0.05, 0.1) is 0 Å². The molecule has 10 rings (SSSR count). The summed E-state index contributed by atoms with van der Waals surface area (Å²) in [5.41, 5.74) is 8.96. The van der Waals surface area contributed by atoms with Crippen LogP contribution in [0.1, 0.15) is 12.0 Å². The number of para-hydroxylation sites is 2. The van der Waals surface area contributed by atoms with Crippen LogP contribution in [-0.4, -0.2) is 8.07 Å². The lowest BCUT2D eigenvalue weighted by atomic mass is 10.0. The first-order valence-corrected chi connectivity index (χ1v) is 20.5. The van der Waals surface area contributed by atoms with Crippen molar-refractivity contribution in [1.82, 2.24) is 0 Å². The standard InChI is InChI=1S/C48H35NSSi/c1-4-14-36(15-5-1)49-45-22-12-10-20-41(45)40-30-31-48(33-44(40)48)51(37-16-6-2-7-17-37,38-18-8-3-9-19-38)39-27-24-34(25-28-39)35-26-29-43-42-21-11-13-23-46(42)50-47(43)32-35/h1-32,49H,33H2. The summed E-state index contributed by atoms with van der Waals surface area (Å²) in [6.45, 7) is 0. The first-order chi connectivity index (χ1) is 25.2. The van der Waals surface area contributed by atoms with Crippen LogP contribution in [0.5, 0.6) is 0 Å².